The maximum atomic E-state index is 13.5. The lowest BCUT2D eigenvalue weighted by molar-refractivity contribution is 0.0461. The van der Waals surface area contributed by atoms with E-state index in [-0.39, 0.29) is 12.4 Å². The summed E-state index contributed by atoms with van der Waals surface area (Å²) in [5, 5.41) is 0. The topological polar surface area (TPSA) is 66.5 Å². The summed E-state index contributed by atoms with van der Waals surface area (Å²) in [6.45, 7) is -0.0230. The van der Waals surface area contributed by atoms with Gasteiger partial charge in [-0.15, -0.1) is 0 Å². The lowest BCUT2D eigenvalue weighted by Gasteiger charge is -2.07. The molecule has 0 saturated carbocycles. The lowest BCUT2D eigenvalue weighted by atomic mass is 10.2. The van der Waals surface area contributed by atoms with Crippen molar-refractivity contribution in [2.24, 2.45) is 7.05 Å². The zero-order chi connectivity index (χ0) is 14.7. The third-order valence-electron chi connectivity index (χ3n) is 2.82. The second-order valence-corrected chi connectivity index (χ2v) is 4.31. The van der Waals surface area contributed by atoms with Gasteiger partial charge in [0.15, 0.2) is 11.6 Å². The van der Waals surface area contributed by atoms with Crippen molar-refractivity contribution >= 4 is 11.7 Å². The van der Waals surface area contributed by atoms with Crippen LogP contribution in [0.1, 0.15) is 16.1 Å². The molecule has 0 amide bonds. The maximum Gasteiger partial charge on any atom is 0.355 e. The molecule has 0 spiro atoms. The monoisotopic (exact) mass is 278 g/mol. The smallest absolute Gasteiger partial charge is 0.355 e. The van der Waals surface area contributed by atoms with Crippen molar-refractivity contribution in [3.8, 4) is 5.75 Å². The third-order valence-corrected chi connectivity index (χ3v) is 2.82. The van der Waals surface area contributed by atoms with E-state index in [1.54, 1.807) is 23.9 Å². The van der Waals surface area contributed by atoms with Crippen molar-refractivity contribution in [1.29, 1.82) is 0 Å². The molecule has 106 valence electrons. The summed E-state index contributed by atoms with van der Waals surface area (Å²) >= 11 is 0. The highest BCUT2D eigenvalue weighted by Gasteiger charge is 2.13. The van der Waals surface area contributed by atoms with Gasteiger partial charge in [0.25, 0.3) is 0 Å². The highest BCUT2D eigenvalue weighted by Crippen LogP contribution is 2.18. The molecule has 0 atom stereocenters. The van der Waals surface area contributed by atoms with Crippen LogP contribution in [0.4, 0.5) is 10.1 Å². The molecule has 0 aliphatic carbocycles. The lowest BCUT2D eigenvalue weighted by Crippen LogP contribution is -2.09. The van der Waals surface area contributed by atoms with Gasteiger partial charge in [0, 0.05) is 13.2 Å². The normalized spacial score (nSPS) is 10.3. The van der Waals surface area contributed by atoms with Gasteiger partial charge in [0.1, 0.15) is 12.3 Å². The van der Waals surface area contributed by atoms with Crippen molar-refractivity contribution in [3.05, 3.63) is 47.5 Å². The Morgan fingerprint density at radius 2 is 2.15 bits per heavy atom. The first-order chi connectivity index (χ1) is 9.51. The van der Waals surface area contributed by atoms with Gasteiger partial charge < -0.3 is 19.8 Å². The summed E-state index contributed by atoms with van der Waals surface area (Å²) in [7, 11) is 3.08. The highest BCUT2D eigenvalue weighted by atomic mass is 19.1. The third kappa shape index (κ3) is 2.90. The van der Waals surface area contributed by atoms with E-state index in [4.69, 9.17) is 15.2 Å². The minimum absolute atomic E-state index is 0.0230. The summed E-state index contributed by atoms with van der Waals surface area (Å²) in [6, 6.07) is 5.91. The number of carbonyl (C=O) groups is 1. The molecule has 0 aliphatic heterocycles. The summed E-state index contributed by atoms with van der Waals surface area (Å²) in [5.41, 5.74) is 6.95. The molecular weight excluding hydrogens is 263 g/mol. The van der Waals surface area contributed by atoms with E-state index in [0.29, 0.717) is 16.9 Å². The molecule has 0 fully saturated rings. The van der Waals surface area contributed by atoms with Crippen LogP contribution in [0.2, 0.25) is 0 Å². The number of hydrogen-bond acceptors (Lipinski definition) is 4. The van der Waals surface area contributed by atoms with Crippen LogP contribution in [0, 0.1) is 5.82 Å². The number of benzene rings is 1. The highest BCUT2D eigenvalue weighted by molar-refractivity contribution is 5.89. The first kappa shape index (κ1) is 13.9. The number of aryl methyl sites for hydroxylation is 1. The second kappa shape index (κ2) is 5.64. The molecule has 1 aromatic carbocycles. The fourth-order valence-corrected chi connectivity index (χ4v) is 1.82. The number of nitrogen functional groups attached to an aromatic ring is 1. The van der Waals surface area contributed by atoms with Gasteiger partial charge in [-0.25, -0.2) is 9.18 Å². The van der Waals surface area contributed by atoms with Crippen LogP contribution in [-0.4, -0.2) is 17.6 Å². The molecule has 0 unspecified atom stereocenters. The zero-order valence-electron chi connectivity index (χ0n) is 11.2. The van der Waals surface area contributed by atoms with Crippen molar-refractivity contribution < 1.29 is 18.7 Å². The number of nitrogens with two attached hydrogens (primary N) is 1. The molecule has 20 heavy (non-hydrogen) atoms. The van der Waals surface area contributed by atoms with Crippen LogP contribution in [0.15, 0.2) is 30.5 Å². The maximum absolute atomic E-state index is 13.5. The Balaban J connectivity index is 2.03. The van der Waals surface area contributed by atoms with Crippen LogP contribution < -0.4 is 10.5 Å². The Hall–Kier alpha value is -2.50. The number of ether oxygens (including phenoxy) is 2. The number of halogens is 1. The predicted octanol–water partition coefficient (Wildman–Crippen LogP) is 2.11. The number of hydrogen-bond donors (Lipinski definition) is 1. The van der Waals surface area contributed by atoms with E-state index in [0.717, 1.165) is 0 Å². The fraction of sp³-hybridized carbons (Fsp3) is 0.214. The Morgan fingerprint density at radius 3 is 2.70 bits per heavy atom. The number of carbonyl (C=O) groups excluding carboxylic acids is 1. The number of esters is 1. The zero-order valence-corrected chi connectivity index (χ0v) is 11.2. The minimum Gasteiger partial charge on any atom is -0.494 e. The summed E-state index contributed by atoms with van der Waals surface area (Å²) < 4.78 is 25.0. The predicted molar refractivity (Wildman–Crippen MR) is 71.9 cm³/mol. The second-order valence-electron chi connectivity index (χ2n) is 4.31. The molecule has 2 aromatic rings. The molecule has 2 N–H and O–H groups in total. The Kier molecular flexibility index (Phi) is 3.93. The van der Waals surface area contributed by atoms with Gasteiger partial charge in [-0.1, -0.05) is 6.07 Å². The molecule has 1 heterocycles. The molecule has 0 bridgehead atoms. The number of aromatic nitrogens is 1. The quantitative estimate of drug-likeness (QED) is 0.870. The Bertz CT molecular complexity index is 637. The molecular formula is C14H15FN2O3. The van der Waals surface area contributed by atoms with Crippen molar-refractivity contribution in [1.82, 2.24) is 4.57 Å². The van der Waals surface area contributed by atoms with Gasteiger partial charge in [-0.2, -0.15) is 0 Å². The van der Waals surface area contributed by atoms with E-state index in [9.17, 15) is 9.18 Å². The van der Waals surface area contributed by atoms with Gasteiger partial charge in [0.05, 0.1) is 12.8 Å². The van der Waals surface area contributed by atoms with E-state index >= 15 is 0 Å². The molecule has 5 nitrogen and oxygen atoms in total. The van der Waals surface area contributed by atoms with E-state index in [2.05, 4.69) is 0 Å². The van der Waals surface area contributed by atoms with Crippen LogP contribution >= 0.6 is 0 Å². The average Bonchev–Trinajstić information content (AvgIpc) is 2.75. The van der Waals surface area contributed by atoms with Crippen LogP contribution in [0.3, 0.4) is 0 Å². The number of methoxy groups -OCH3 is 1. The molecule has 2 rings (SSSR count). The van der Waals surface area contributed by atoms with Crippen LogP contribution in [-0.2, 0) is 18.4 Å². The van der Waals surface area contributed by atoms with Crippen molar-refractivity contribution in [2.75, 3.05) is 12.8 Å². The summed E-state index contributed by atoms with van der Waals surface area (Å²) in [4.78, 5) is 11.8. The summed E-state index contributed by atoms with van der Waals surface area (Å²) in [5.74, 6) is -0.861. The van der Waals surface area contributed by atoms with Gasteiger partial charge in [-0.05, 0) is 23.8 Å². The standard InChI is InChI=1S/C14H15FN2O3/c1-17-7-10(16)6-12(17)14(18)20-8-9-3-4-13(19-2)11(15)5-9/h3-7H,8,16H2,1-2H3. The SMILES string of the molecule is COc1ccc(COC(=O)c2cc(N)cn2C)cc1F. The van der Waals surface area contributed by atoms with Crippen molar-refractivity contribution in [2.45, 2.75) is 6.61 Å². The number of nitrogens with zero attached hydrogens (tertiary/aromatic N) is 1. The van der Waals surface area contributed by atoms with Crippen LogP contribution in [0.25, 0.3) is 0 Å². The number of anilines is 1. The van der Waals surface area contributed by atoms with Gasteiger partial charge in [-0.3, -0.25) is 0 Å². The number of rotatable bonds is 4. The molecule has 6 heteroatoms. The first-order valence-corrected chi connectivity index (χ1v) is 5.92. The first-order valence-electron chi connectivity index (χ1n) is 5.92. The van der Waals surface area contributed by atoms with E-state index in [1.807, 2.05) is 0 Å². The molecule has 0 aliphatic rings. The molecule has 0 saturated heterocycles. The minimum atomic E-state index is -0.513. The van der Waals surface area contributed by atoms with E-state index < -0.39 is 11.8 Å². The van der Waals surface area contributed by atoms with Gasteiger partial charge in [0.2, 0.25) is 0 Å². The Labute approximate surface area is 115 Å². The van der Waals surface area contributed by atoms with Gasteiger partial charge >= 0.3 is 5.97 Å². The average molecular weight is 278 g/mol. The van der Waals surface area contributed by atoms with E-state index in [1.165, 1.54) is 25.3 Å². The molecule has 1 aromatic heterocycles. The fourth-order valence-electron chi connectivity index (χ4n) is 1.82. The largest absolute Gasteiger partial charge is 0.494 e. The Morgan fingerprint density at radius 1 is 1.40 bits per heavy atom. The van der Waals surface area contributed by atoms with Crippen molar-refractivity contribution in [3.63, 3.8) is 0 Å². The molecule has 0 radical (unpaired) electrons. The summed E-state index contributed by atoms with van der Waals surface area (Å²) in [6.07, 6.45) is 1.61. The van der Waals surface area contributed by atoms with Crippen LogP contribution in [0.5, 0.6) is 5.75 Å².